The molecule has 0 radical (unpaired) electrons. The van der Waals surface area contributed by atoms with Gasteiger partial charge in [0.25, 0.3) is 0 Å². The van der Waals surface area contributed by atoms with Gasteiger partial charge in [-0.05, 0) is 25.0 Å². The molecule has 1 unspecified atom stereocenters. The maximum absolute atomic E-state index is 11.8. The van der Waals surface area contributed by atoms with Crippen molar-refractivity contribution in [3.8, 4) is 0 Å². The summed E-state index contributed by atoms with van der Waals surface area (Å²) in [5.74, 6) is 2.10. The van der Waals surface area contributed by atoms with E-state index in [9.17, 15) is 4.79 Å². The van der Waals surface area contributed by atoms with Crippen molar-refractivity contribution >= 4 is 17.8 Å². The molecule has 1 aliphatic heterocycles. The SMILES string of the molecule is COC1(CNC(=O)NC2CCCCC2)CCSC1. The van der Waals surface area contributed by atoms with Gasteiger partial charge >= 0.3 is 6.03 Å². The molecular formula is C13H24N2O2S. The Morgan fingerprint density at radius 1 is 1.39 bits per heavy atom. The van der Waals surface area contributed by atoms with Crippen molar-refractivity contribution in [3.05, 3.63) is 0 Å². The zero-order chi connectivity index (χ0) is 12.8. The molecule has 2 fully saturated rings. The lowest BCUT2D eigenvalue weighted by Crippen LogP contribution is -2.50. The van der Waals surface area contributed by atoms with E-state index in [1.807, 2.05) is 11.8 Å². The number of ether oxygens (including phenoxy) is 1. The largest absolute Gasteiger partial charge is 0.376 e. The first-order valence-electron chi connectivity index (χ1n) is 6.91. The molecule has 18 heavy (non-hydrogen) atoms. The molecule has 2 N–H and O–H groups in total. The number of amides is 2. The molecule has 0 aromatic rings. The summed E-state index contributed by atoms with van der Waals surface area (Å²) in [5.41, 5.74) is -0.144. The van der Waals surface area contributed by atoms with Crippen molar-refractivity contribution in [1.29, 1.82) is 0 Å². The molecule has 0 aromatic carbocycles. The Labute approximate surface area is 114 Å². The number of methoxy groups -OCH3 is 1. The summed E-state index contributed by atoms with van der Waals surface area (Å²) < 4.78 is 5.58. The monoisotopic (exact) mass is 272 g/mol. The van der Waals surface area contributed by atoms with E-state index < -0.39 is 0 Å². The van der Waals surface area contributed by atoms with Crippen LogP contribution in [0.15, 0.2) is 0 Å². The smallest absolute Gasteiger partial charge is 0.315 e. The molecule has 1 saturated heterocycles. The average molecular weight is 272 g/mol. The van der Waals surface area contributed by atoms with Crippen LogP contribution in [0.3, 0.4) is 0 Å². The summed E-state index contributed by atoms with van der Waals surface area (Å²) in [6.45, 7) is 0.620. The minimum atomic E-state index is -0.144. The lowest BCUT2D eigenvalue weighted by Gasteiger charge is -2.28. The quantitative estimate of drug-likeness (QED) is 0.824. The molecule has 4 nitrogen and oxygen atoms in total. The Morgan fingerprint density at radius 2 is 2.17 bits per heavy atom. The summed E-state index contributed by atoms with van der Waals surface area (Å²) in [6, 6.07) is 0.338. The maximum atomic E-state index is 11.8. The lowest BCUT2D eigenvalue weighted by atomic mass is 9.96. The molecule has 104 valence electrons. The molecule has 1 atom stereocenters. The van der Waals surface area contributed by atoms with Gasteiger partial charge in [0.15, 0.2) is 0 Å². The summed E-state index contributed by atoms with van der Waals surface area (Å²) in [6.07, 6.45) is 7.06. The van der Waals surface area contributed by atoms with E-state index in [0.29, 0.717) is 12.6 Å². The molecule has 0 aromatic heterocycles. The summed E-state index contributed by atoms with van der Waals surface area (Å²) >= 11 is 1.90. The van der Waals surface area contributed by atoms with E-state index in [4.69, 9.17) is 4.74 Å². The summed E-state index contributed by atoms with van der Waals surface area (Å²) in [7, 11) is 1.74. The Bertz CT molecular complexity index is 274. The van der Waals surface area contributed by atoms with Gasteiger partial charge < -0.3 is 15.4 Å². The number of hydrogen-bond acceptors (Lipinski definition) is 3. The van der Waals surface area contributed by atoms with Gasteiger partial charge in [-0.2, -0.15) is 11.8 Å². The van der Waals surface area contributed by atoms with Crippen LogP contribution in [0.4, 0.5) is 4.79 Å². The first kappa shape index (κ1) is 14.0. The molecule has 2 amide bonds. The molecule has 1 aliphatic carbocycles. The van der Waals surface area contributed by atoms with Crippen molar-refractivity contribution in [2.24, 2.45) is 0 Å². The average Bonchev–Trinajstić information content (AvgIpc) is 2.87. The van der Waals surface area contributed by atoms with Gasteiger partial charge in [0.05, 0.1) is 5.60 Å². The fourth-order valence-corrected chi connectivity index (χ4v) is 4.08. The fraction of sp³-hybridized carbons (Fsp3) is 0.923. The number of urea groups is 1. The van der Waals surface area contributed by atoms with Gasteiger partial charge in [-0.1, -0.05) is 19.3 Å². The first-order valence-corrected chi connectivity index (χ1v) is 8.07. The third kappa shape index (κ3) is 3.79. The van der Waals surface area contributed by atoms with Crippen molar-refractivity contribution < 1.29 is 9.53 Å². The van der Waals surface area contributed by atoms with E-state index in [1.54, 1.807) is 7.11 Å². The van der Waals surface area contributed by atoms with Crippen LogP contribution in [0.5, 0.6) is 0 Å². The predicted molar refractivity (Wildman–Crippen MR) is 75.1 cm³/mol. The minimum absolute atomic E-state index is 0.0322. The molecule has 1 saturated carbocycles. The normalized spacial score (nSPS) is 29.2. The van der Waals surface area contributed by atoms with Gasteiger partial charge in [0.2, 0.25) is 0 Å². The molecule has 2 rings (SSSR count). The Kier molecular flexibility index (Phi) is 5.18. The van der Waals surface area contributed by atoms with E-state index in [1.165, 1.54) is 19.3 Å². The highest BCUT2D eigenvalue weighted by Gasteiger charge is 2.34. The highest BCUT2D eigenvalue weighted by atomic mass is 32.2. The molecular weight excluding hydrogens is 248 g/mol. The number of rotatable bonds is 4. The van der Waals surface area contributed by atoms with Gasteiger partial charge in [0, 0.05) is 25.4 Å². The van der Waals surface area contributed by atoms with E-state index >= 15 is 0 Å². The van der Waals surface area contributed by atoms with Crippen LogP contribution in [0.25, 0.3) is 0 Å². The van der Waals surface area contributed by atoms with E-state index in [0.717, 1.165) is 30.8 Å². The second-order valence-electron chi connectivity index (χ2n) is 5.35. The predicted octanol–water partition coefficient (Wildman–Crippen LogP) is 2.14. The van der Waals surface area contributed by atoms with Crippen LogP contribution >= 0.6 is 11.8 Å². The third-order valence-corrected chi connectivity index (χ3v) is 5.23. The van der Waals surface area contributed by atoms with Crippen molar-refractivity contribution in [2.75, 3.05) is 25.2 Å². The lowest BCUT2D eigenvalue weighted by molar-refractivity contribution is 0.0156. The molecule has 1 heterocycles. The summed E-state index contributed by atoms with van der Waals surface area (Å²) in [5, 5.41) is 6.05. The van der Waals surface area contributed by atoms with Gasteiger partial charge in [0.1, 0.15) is 0 Å². The van der Waals surface area contributed by atoms with Crippen LogP contribution in [0.2, 0.25) is 0 Å². The highest BCUT2D eigenvalue weighted by Crippen LogP contribution is 2.30. The molecule has 0 bridgehead atoms. The number of hydrogen-bond donors (Lipinski definition) is 2. The third-order valence-electron chi connectivity index (χ3n) is 4.01. The van der Waals surface area contributed by atoms with Crippen LogP contribution in [-0.2, 0) is 4.74 Å². The van der Waals surface area contributed by atoms with Gasteiger partial charge in [-0.3, -0.25) is 0 Å². The van der Waals surface area contributed by atoms with Crippen LogP contribution in [0, 0.1) is 0 Å². The van der Waals surface area contributed by atoms with Gasteiger partial charge in [-0.25, -0.2) is 4.79 Å². The highest BCUT2D eigenvalue weighted by molar-refractivity contribution is 7.99. The number of thioether (sulfide) groups is 1. The van der Waals surface area contributed by atoms with Crippen molar-refractivity contribution in [1.82, 2.24) is 10.6 Å². The van der Waals surface area contributed by atoms with E-state index in [2.05, 4.69) is 10.6 Å². The second-order valence-corrected chi connectivity index (χ2v) is 6.46. The topological polar surface area (TPSA) is 50.4 Å². The Balaban J connectivity index is 1.70. The van der Waals surface area contributed by atoms with Crippen molar-refractivity contribution in [2.45, 2.75) is 50.2 Å². The number of carbonyl (C=O) groups is 1. The second kappa shape index (κ2) is 6.66. The standard InChI is InChI=1S/C13H24N2O2S/c1-17-13(7-8-18-10-13)9-14-12(16)15-11-5-3-2-4-6-11/h11H,2-10H2,1H3,(H2,14,15,16). The van der Waals surface area contributed by atoms with E-state index in [-0.39, 0.29) is 11.6 Å². The number of carbonyl (C=O) groups excluding carboxylic acids is 1. The zero-order valence-corrected chi connectivity index (χ0v) is 12.0. The van der Waals surface area contributed by atoms with Crippen LogP contribution in [0.1, 0.15) is 38.5 Å². The molecule has 0 spiro atoms. The molecule has 5 heteroatoms. The Morgan fingerprint density at radius 3 is 2.78 bits per heavy atom. The fourth-order valence-electron chi connectivity index (χ4n) is 2.69. The minimum Gasteiger partial charge on any atom is -0.376 e. The number of nitrogens with one attached hydrogen (secondary N) is 2. The van der Waals surface area contributed by atoms with Gasteiger partial charge in [-0.15, -0.1) is 0 Å². The van der Waals surface area contributed by atoms with Crippen molar-refractivity contribution in [3.63, 3.8) is 0 Å². The van der Waals surface area contributed by atoms with Crippen LogP contribution in [-0.4, -0.2) is 42.8 Å². The molecule has 2 aliphatic rings. The maximum Gasteiger partial charge on any atom is 0.315 e. The first-order chi connectivity index (χ1) is 8.74. The Hall–Kier alpha value is -0.420. The zero-order valence-electron chi connectivity index (χ0n) is 11.2. The van der Waals surface area contributed by atoms with Crippen LogP contribution < -0.4 is 10.6 Å². The summed E-state index contributed by atoms with van der Waals surface area (Å²) in [4.78, 5) is 11.8.